The van der Waals surface area contributed by atoms with Gasteiger partial charge in [-0.3, -0.25) is 9.59 Å². The third-order valence-electron chi connectivity index (χ3n) is 5.34. The van der Waals surface area contributed by atoms with Gasteiger partial charge in [0.05, 0.1) is 5.92 Å². The van der Waals surface area contributed by atoms with Crippen molar-refractivity contribution in [3.8, 4) is 0 Å². The zero-order chi connectivity index (χ0) is 19.4. The maximum absolute atomic E-state index is 12.5. The van der Waals surface area contributed by atoms with Crippen LogP contribution < -0.4 is 16.0 Å². The molecule has 5 N–H and O–H groups in total. The quantitative estimate of drug-likeness (QED) is 0.483. The van der Waals surface area contributed by atoms with Crippen LogP contribution >= 0.6 is 0 Å². The van der Waals surface area contributed by atoms with Crippen LogP contribution in [0.4, 0.5) is 11.4 Å². The van der Waals surface area contributed by atoms with Gasteiger partial charge in [-0.25, -0.2) is 0 Å². The van der Waals surface area contributed by atoms with Gasteiger partial charge < -0.3 is 26.2 Å². The smallest absolute Gasteiger partial charge is 0.261 e. The minimum Gasteiger partial charge on any atom is -0.396 e. The number of fused-ring (bicyclic) bond motifs is 1. The molecule has 2 aliphatic rings. The maximum Gasteiger partial charge on any atom is 0.261 e. The van der Waals surface area contributed by atoms with E-state index >= 15 is 0 Å². The third kappa shape index (κ3) is 3.90. The largest absolute Gasteiger partial charge is 0.396 e. The van der Waals surface area contributed by atoms with Crippen molar-refractivity contribution in [1.29, 1.82) is 0 Å². The Morgan fingerprint density at radius 2 is 2.30 bits per heavy atom. The molecule has 0 spiro atoms. The second-order valence-corrected chi connectivity index (χ2v) is 7.24. The number of benzene rings is 1. The van der Waals surface area contributed by atoms with Gasteiger partial charge in [0.15, 0.2) is 5.60 Å². The Kier molecular flexibility index (Phi) is 5.94. The molecule has 0 bridgehead atoms. The first-order valence-electron chi connectivity index (χ1n) is 9.44. The molecular weight excluding hydrogens is 346 g/mol. The number of hydrogen-bond donors (Lipinski definition) is 5. The predicted molar refractivity (Wildman–Crippen MR) is 103 cm³/mol. The SMILES string of the molecule is C[C@H](/C=C/CCO)[C@@]1(O)C(=O)Nc2ccc(NC(=O)C3CCCNC3)cc21. The second-order valence-electron chi connectivity index (χ2n) is 7.24. The molecule has 0 saturated carbocycles. The van der Waals surface area contributed by atoms with Crippen molar-refractivity contribution in [3.05, 3.63) is 35.9 Å². The predicted octanol–water partition coefficient (Wildman–Crippen LogP) is 1.34. The van der Waals surface area contributed by atoms with E-state index in [1.54, 1.807) is 37.3 Å². The molecule has 1 fully saturated rings. The number of carbonyl (C=O) groups is 2. The van der Waals surface area contributed by atoms with Crippen LogP contribution in [0.1, 0.15) is 31.7 Å². The van der Waals surface area contributed by atoms with Gasteiger partial charge in [0, 0.05) is 36.0 Å². The number of aliphatic hydroxyl groups excluding tert-OH is 1. The Morgan fingerprint density at radius 1 is 1.48 bits per heavy atom. The normalized spacial score (nSPS) is 25.9. The van der Waals surface area contributed by atoms with Crippen LogP contribution in [-0.2, 0) is 15.2 Å². The van der Waals surface area contributed by atoms with Crippen LogP contribution in [0.5, 0.6) is 0 Å². The van der Waals surface area contributed by atoms with Crippen molar-refractivity contribution < 1.29 is 19.8 Å². The van der Waals surface area contributed by atoms with Gasteiger partial charge in [-0.2, -0.15) is 0 Å². The topological polar surface area (TPSA) is 111 Å². The van der Waals surface area contributed by atoms with Crippen molar-refractivity contribution in [2.45, 2.75) is 31.8 Å². The molecule has 1 saturated heterocycles. The minimum atomic E-state index is -1.71. The summed E-state index contributed by atoms with van der Waals surface area (Å²) in [6, 6.07) is 5.09. The lowest BCUT2D eigenvalue weighted by Crippen LogP contribution is -2.40. The molecule has 0 radical (unpaired) electrons. The van der Waals surface area contributed by atoms with Gasteiger partial charge in [-0.15, -0.1) is 0 Å². The molecule has 3 rings (SSSR count). The van der Waals surface area contributed by atoms with Gasteiger partial charge in [-0.05, 0) is 44.0 Å². The highest BCUT2D eigenvalue weighted by Crippen LogP contribution is 2.42. The highest BCUT2D eigenvalue weighted by atomic mass is 16.3. The summed E-state index contributed by atoms with van der Waals surface area (Å²) < 4.78 is 0. The molecule has 0 aliphatic carbocycles. The van der Waals surface area contributed by atoms with Gasteiger partial charge in [0.2, 0.25) is 5.91 Å². The van der Waals surface area contributed by atoms with E-state index in [9.17, 15) is 14.7 Å². The zero-order valence-electron chi connectivity index (χ0n) is 15.5. The molecule has 7 nitrogen and oxygen atoms in total. The molecular formula is C20H27N3O4. The number of nitrogens with one attached hydrogen (secondary N) is 3. The average Bonchev–Trinajstić information content (AvgIpc) is 2.94. The number of carbonyl (C=O) groups excluding carboxylic acids is 2. The number of aliphatic hydroxyl groups is 2. The van der Waals surface area contributed by atoms with Crippen molar-refractivity contribution in [2.24, 2.45) is 11.8 Å². The first-order chi connectivity index (χ1) is 13.0. The monoisotopic (exact) mass is 373 g/mol. The third-order valence-corrected chi connectivity index (χ3v) is 5.34. The summed E-state index contributed by atoms with van der Waals surface area (Å²) >= 11 is 0. The minimum absolute atomic E-state index is 0.0106. The zero-order valence-corrected chi connectivity index (χ0v) is 15.5. The molecule has 7 heteroatoms. The van der Waals surface area contributed by atoms with Crippen molar-refractivity contribution in [1.82, 2.24) is 5.32 Å². The standard InChI is InChI=1S/C20H27N3O4/c1-13(5-2-3-10-24)20(27)16-11-15(7-8-17(16)23-19(20)26)22-18(25)14-6-4-9-21-12-14/h2,5,7-8,11,13-14,21,24,27H,3-4,6,9-10,12H2,1H3,(H,22,25)(H,23,26)/b5-2+/t13-,14?,20+/m1/s1. The first-order valence-corrected chi connectivity index (χ1v) is 9.44. The van der Waals surface area contributed by atoms with E-state index in [0.29, 0.717) is 29.9 Å². The van der Waals surface area contributed by atoms with Crippen LogP contribution in [0.25, 0.3) is 0 Å². The van der Waals surface area contributed by atoms with Gasteiger partial charge in [0.25, 0.3) is 5.91 Å². The van der Waals surface area contributed by atoms with E-state index in [-0.39, 0.29) is 18.4 Å². The fourth-order valence-corrected chi connectivity index (χ4v) is 3.67. The van der Waals surface area contributed by atoms with Crippen LogP contribution in [-0.4, -0.2) is 41.7 Å². The fraction of sp³-hybridized carbons (Fsp3) is 0.500. The van der Waals surface area contributed by atoms with Gasteiger partial charge in [-0.1, -0.05) is 19.1 Å². The lowest BCUT2D eigenvalue weighted by Gasteiger charge is -2.26. The van der Waals surface area contributed by atoms with Gasteiger partial charge >= 0.3 is 0 Å². The summed E-state index contributed by atoms with van der Waals surface area (Å²) in [5.41, 5.74) is -0.157. The molecule has 2 aliphatic heterocycles. The van der Waals surface area contributed by atoms with Crippen molar-refractivity contribution in [3.63, 3.8) is 0 Å². The summed E-state index contributed by atoms with van der Waals surface area (Å²) in [5, 5.41) is 28.9. The first kappa shape index (κ1) is 19.5. The highest BCUT2D eigenvalue weighted by molar-refractivity contribution is 6.06. The lowest BCUT2D eigenvalue weighted by molar-refractivity contribution is -0.137. The molecule has 2 amide bonds. The molecule has 1 unspecified atom stereocenters. The fourth-order valence-electron chi connectivity index (χ4n) is 3.67. The molecule has 146 valence electrons. The Morgan fingerprint density at radius 3 is 3.00 bits per heavy atom. The van der Waals surface area contributed by atoms with E-state index in [0.717, 1.165) is 19.4 Å². The highest BCUT2D eigenvalue weighted by Gasteiger charge is 2.48. The van der Waals surface area contributed by atoms with Crippen molar-refractivity contribution >= 4 is 23.2 Å². The number of rotatable bonds is 6. The number of piperidine rings is 1. The van der Waals surface area contributed by atoms with Gasteiger partial charge in [0.1, 0.15) is 0 Å². The average molecular weight is 373 g/mol. The van der Waals surface area contributed by atoms with Crippen LogP contribution in [0.3, 0.4) is 0 Å². The Hall–Kier alpha value is -2.22. The second kappa shape index (κ2) is 8.21. The summed E-state index contributed by atoms with van der Waals surface area (Å²) in [7, 11) is 0. The number of hydrogen-bond acceptors (Lipinski definition) is 5. The Balaban J connectivity index is 1.81. The van der Waals surface area contributed by atoms with E-state index in [1.807, 2.05) is 0 Å². The summed E-state index contributed by atoms with van der Waals surface area (Å²) in [5.74, 6) is -1.11. The molecule has 1 aromatic carbocycles. The molecule has 27 heavy (non-hydrogen) atoms. The summed E-state index contributed by atoms with van der Waals surface area (Å²) in [4.78, 5) is 24.9. The number of amides is 2. The Labute approximate surface area is 158 Å². The number of anilines is 2. The lowest BCUT2D eigenvalue weighted by atomic mass is 9.82. The van der Waals surface area contributed by atoms with Crippen LogP contribution in [0.15, 0.2) is 30.4 Å². The molecule has 3 atom stereocenters. The molecule has 1 aromatic rings. The van der Waals surface area contributed by atoms with E-state index in [2.05, 4.69) is 16.0 Å². The molecule has 2 heterocycles. The summed E-state index contributed by atoms with van der Waals surface area (Å²) in [6.45, 7) is 3.36. The van der Waals surface area contributed by atoms with E-state index in [4.69, 9.17) is 5.11 Å². The Bertz CT molecular complexity index is 743. The van der Waals surface area contributed by atoms with Crippen molar-refractivity contribution in [2.75, 3.05) is 30.3 Å². The maximum atomic E-state index is 12.5. The van der Waals surface area contributed by atoms with Crippen LogP contribution in [0, 0.1) is 11.8 Å². The van der Waals surface area contributed by atoms with E-state index in [1.165, 1.54) is 0 Å². The molecule has 0 aromatic heterocycles. The van der Waals surface area contributed by atoms with E-state index < -0.39 is 17.4 Å². The summed E-state index contributed by atoms with van der Waals surface area (Å²) in [6.07, 6.45) is 5.75. The van der Waals surface area contributed by atoms with Crippen LogP contribution in [0.2, 0.25) is 0 Å².